The largest absolute Gasteiger partial charge is 0.496 e. The van der Waals surface area contributed by atoms with Gasteiger partial charge in [-0.3, -0.25) is 0 Å². The average Bonchev–Trinajstić information content (AvgIpc) is 3.21. The molecule has 0 atom stereocenters. The molecule has 0 saturated carbocycles. The van der Waals surface area contributed by atoms with E-state index in [4.69, 9.17) is 28.9 Å². The van der Waals surface area contributed by atoms with Gasteiger partial charge in [-0.2, -0.15) is 0 Å². The van der Waals surface area contributed by atoms with Crippen LogP contribution in [0.1, 0.15) is 68.5 Å². The Morgan fingerprint density at radius 2 is 0.741 bits per heavy atom. The van der Waals surface area contributed by atoms with Gasteiger partial charge in [-0.1, -0.05) is 70.8 Å². The van der Waals surface area contributed by atoms with Crippen molar-refractivity contribution in [2.24, 2.45) is 9.98 Å². The van der Waals surface area contributed by atoms with Gasteiger partial charge in [-0.25, -0.2) is 9.98 Å². The number of hydrogen-bond donors (Lipinski definition) is 0. The summed E-state index contributed by atoms with van der Waals surface area (Å²) in [6.07, 6.45) is 1.56. The second kappa shape index (κ2) is 19.5. The maximum atomic E-state index is 6.54. The monoisotopic (exact) mass is 768 g/mol. The van der Waals surface area contributed by atoms with Crippen molar-refractivity contribution in [1.29, 1.82) is 0 Å². The summed E-state index contributed by atoms with van der Waals surface area (Å²) in [5, 5.41) is 0. The molecule has 0 aliphatic carbocycles. The Kier molecular flexibility index (Phi) is 13.8. The molecule has 0 spiro atoms. The van der Waals surface area contributed by atoms with Crippen LogP contribution in [-0.2, 0) is 0 Å². The first-order valence-electron chi connectivity index (χ1n) is 19.7. The second-order valence-corrected chi connectivity index (χ2v) is 14.7. The van der Waals surface area contributed by atoms with Crippen molar-refractivity contribution in [2.75, 3.05) is 27.4 Å². The van der Waals surface area contributed by atoms with Gasteiger partial charge in [-0.05, 0) is 150 Å². The molecule has 0 heterocycles. The van der Waals surface area contributed by atoms with Gasteiger partial charge in [-0.15, -0.1) is 0 Å². The van der Waals surface area contributed by atoms with E-state index in [1.807, 2.05) is 72.8 Å². The van der Waals surface area contributed by atoms with Crippen molar-refractivity contribution in [1.82, 2.24) is 0 Å². The maximum absolute atomic E-state index is 6.54. The molecule has 6 nitrogen and oxygen atoms in total. The molecule has 6 aromatic carbocycles. The summed E-state index contributed by atoms with van der Waals surface area (Å²) in [4.78, 5) is 9.60. The number of ether oxygens (including phenoxy) is 4. The van der Waals surface area contributed by atoms with Crippen LogP contribution in [0.2, 0.25) is 0 Å². The van der Waals surface area contributed by atoms with E-state index in [1.165, 1.54) is 0 Å². The van der Waals surface area contributed by atoms with Gasteiger partial charge in [0.05, 0.1) is 50.0 Å². The predicted octanol–water partition coefficient (Wildman–Crippen LogP) is 12.7. The topological polar surface area (TPSA) is 61.6 Å². The molecule has 0 fully saturated rings. The van der Waals surface area contributed by atoms with Gasteiger partial charge < -0.3 is 18.9 Å². The quantitative estimate of drug-likeness (QED) is 0.0771. The van der Waals surface area contributed by atoms with Crippen LogP contribution in [0.25, 0.3) is 11.1 Å². The van der Waals surface area contributed by atoms with E-state index in [0.29, 0.717) is 13.2 Å². The number of aryl methyl sites for hydroxylation is 6. The molecule has 6 aromatic rings. The zero-order chi connectivity index (χ0) is 41.0. The smallest absolute Gasteiger partial charge is 0.127 e. The van der Waals surface area contributed by atoms with Crippen molar-refractivity contribution >= 4 is 34.3 Å². The lowest BCUT2D eigenvalue weighted by molar-refractivity contribution is 0.266. The molecule has 0 radical (unpaired) electrons. The molecule has 58 heavy (non-hydrogen) atoms. The zero-order valence-corrected chi connectivity index (χ0v) is 34.9. The Morgan fingerprint density at radius 3 is 1.09 bits per heavy atom. The number of methoxy groups -OCH3 is 2. The van der Waals surface area contributed by atoms with Crippen LogP contribution in [0.4, 0.5) is 11.4 Å². The van der Waals surface area contributed by atoms with Crippen molar-refractivity contribution in [3.05, 3.63) is 177 Å². The van der Waals surface area contributed by atoms with E-state index < -0.39 is 0 Å². The van der Waals surface area contributed by atoms with E-state index in [2.05, 4.69) is 102 Å². The number of rotatable bonds is 15. The Hall–Kier alpha value is -6.58. The first-order chi connectivity index (χ1) is 28.1. The molecule has 0 bridgehead atoms. The van der Waals surface area contributed by atoms with Crippen LogP contribution in [0.15, 0.2) is 131 Å². The number of unbranched alkanes of at least 4 members (excludes halogenated alkanes) is 1. The Balaban J connectivity index is 1.24. The van der Waals surface area contributed by atoms with Gasteiger partial charge in [0.2, 0.25) is 0 Å². The maximum Gasteiger partial charge on any atom is 0.127 e. The van der Waals surface area contributed by atoms with E-state index >= 15 is 0 Å². The lowest BCUT2D eigenvalue weighted by Gasteiger charge is -2.17. The number of aliphatic imine (C=N–C) groups is 2. The summed E-state index contributed by atoms with van der Waals surface area (Å²) in [5.74, 6) is 9.79. The number of hydrogen-bond acceptors (Lipinski definition) is 6. The van der Waals surface area contributed by atoms with Crippen molar-refractivity contribution in [3.63, 3.8) is 0 Å². The first-order valence-corrected chi connectivity index (χ1v) is 19.7. The van der Waals surface area contributed by atoms with Crippen LogP contribution in [0.5, 0.6) is 23.0 Å². The second-order valence-electron chi connectivity index (χ2n) is 14.7. The minimum absolute atomic E-state index is 0.502. The first kappa shape index (κ1) is 41.1. The lowest BCUT2D eigenvalue weighted by Crippen LogP contribution is -2.06. The average molecular weight is 769 g/mol. The van der Waals surface area contributed by atoms with Gasteiger partial charge in [0, 0.05) is 22.3 Å². The van der Waals surface area contributed by atoms with Gasteiger partial charge >= 0.3 is 0 Å². The molecular weight excluding hydrogens is 717 g/mol. The van der Waals surface area contributed by atoms with E-state index in [-0.39, 0.29) is 0 Å². The fourth-order valence-electron chi connectivity index (χ4n) is 6.70. The molecule has 0 aliphatic rings. The van der Waals surface area contributed by atoms with Crippen LogP contribution < -0.4 is 18.9 Å². The molecule has 0 unspecified atom stereocenters. The number of nitrogens with zero attached hydrogens (tertiary/aromatic N) is 2. The van der Waals surface area contributed by atoms with Crippen molar-refractivity contribution in [3.8, 4) is 23.0 Å². The third-order valence-corrected chi connectivity index (χ3v) is 9.71. The zero-order valence-electron chi connectivity index (χ0n) is 34.9. The Labute approximate surface area is 343 Å². The molecule has 0 N–H and O–H groups in total. The van der Waals surface area contributed by atoms with Crippen LogP contribution in [0.3, 0.4) is 0 Å². The normalized spacial score (nSPS) is 10.6. The highest BCUT2D eigenvalue weighted by Gasteiger charge is 2.19. The summed E-state index contributed by atoms with van der Waals surface area (Å²) in [6, 6.07) is 40.9. The third kappa shape index (κ3) is 10.6. The van der Waals surface area contributed by atoms with Gasteiger partial charge in [0.15, 0.2) is 0 Å². The van der Waals surface area contributed by atoms with Crippen LogP contribution in [0, 0.1) is 41.5 Å². The fraction of sp³-hybridized carbons (Fsp3) is 0.231. The molecule has 0 aromatic heterocycles. The summed E-state index contributed by atoms with van der Waals surface area (Å²) < 4.78 is 24.8. The highest BCUT2D eigenvalue weighted by Crippen LogP contribution is 2.38. The molecule has 6 heteroatoms. The summed E-state index contributed by atoms with van der Waals surface area (Å²) in [7, 11) is 3.38. The number of benzene rings is 6. The Bertz CT molecular complexity index is 2360. The van der Waals surface area contributed by atoms with E-state index in [9.17, 15) is 0 Å². The Morgan fingerprint density at radius 1 is 0.414 bits per heavy atom. The van der Waals surface area contributed by atoms with Crippen molar-refractivity contribution in [2.45, 2.75) is 54.4 Å². The SMILES string of the molecule is COc1ccc(C)cc1C(=C=Nc1cccc(C)c1)c1cc(C)ccc1OCCCCOc1ccc(C)cc1C(=C=Nc1cccc(C)c1)c1cc(C)ccc1OC. The predicted molar refractivity (Wildman–Crippen MR) is 240 cm³/mol. The minimum atomic E-state index is 0.502. The summed E-state index contributed by atoms with van der Waals surface area (Å²) >= 11 is 0. The van der Waals surface area contributed by atoms with Crippen LogP contribution >= 0.6 is 0 Å². The molecule has 294 valence electrons. The fourth-order valence-corrected chi connectivity index (χ4v) is 6.70. The van der Waals surface area contributed by atoms with Crippen LogP contribution in [-0.4, -0.2) is 39.2 Å². The lowest BCUT2D eigenvalue weighted by atomic mass is 9.95. The van der Waals surface area contributed by atoms with E-state index in [1.54, 1.807) is 14.2 Å². The molecule has 0 saturated heterocycles. The molecule has 0 aliphatic heterocycles. The van der Waals surface area contributed by atoms with Gasteiger partial charge in [0.25, 0.3) is 0 Å². The van der Waals surface area contributed by atoms with E-state index in [0.717, 1.165) is 114 Å². The molecular formula is C52H52N2O4. The highest BCUT2D eigenvalue weighted by atomic mass is 16.5. The summed E-state index contributed by atoms with van der Waals surface area (Å²) in [6.45, 7) is 13.4. The highest BCUT2D eigenvalue weighted by molar-refractivity contribution is 6.03. The van der Waals surface area contributed by atoms with Gasteiger partial charge in [0.1, 0.15) is 23.0 Å². The standard InChI is InChI=1S/C52H52N2O4/c1-35-13-11-15-41(27-35)53-33-47(43-29-37(3)17-21-49(43)55-7)45-31-39(5)19-23-51(45)57-25-9-10-26-58-52-24-20-40(6)32-46(52)48(34-54-42-16-12-14-36(2)28-42)44-30-38(4)18-22-50(44)56-8/h11-24,27-32H,9-10,25-26H2,1-8H3. The van der Waals surface area contributed by atoms with Crippen molar-refractivity contribution < 1.29 is 18.9 Å². The minimum Gasteiger partial charge on any atom is -0.496 e. The molecule has 6 rings (SSSR count). The molecule has 0 amide bonds. The summed E-state index contributed by atoms with van der Waals surface area (Å²) in [5.41, 5.74) is 13.6. The third-order valence-electron chi connectivity index (χ3n) is 9.71.